The lowest BCUT2D eigenvalue weighted by molar-refractivity contribution is -0.171. The Hall–Kier alpha value is -0.290. The first-order valence-electron chi connectivity index (χ1n) is 2.97. The fourth-order valence-electron chi connectivity index (χ4n) is 0.972. The van der Waals surface area contributed by atoms with Crippen molar-refractivity contribution in [1.29, 1.82) is 0 Å². The molecule has 2 atom stereocenters. The van der Waals surface area contributed by atoms with Gasteiger partial charge in [-0.15, -0.1) is 0 Å². The van der Waals surface area contributed by atoms with E-state index in [4.69, 9.17) is 5.73 Å². The van der Waals surface area contributed by atoms with E-state index >= 15 is 0 Å². The normalized spacial score (nSPS) is 34.8. The predicted molar refractivity (Wildman–Crippen MR) is 29.4 cm³/mol. The third-order valence-electron chi connectivity index (χ3n) is 1.60. The van der Waals surface area contributed by atoms with Crippen LogP contribution >= 0.6 is 0 Å². The van der Waals surface area contributed by atoms with Crippen LogP contribution < -0.4 is 11.1 Å². The highest BCUT2D eigenvalue weighted by Crippen LogP contribution is 2.29. The van der Waals surface area contributed by atoms with Gasteiger partial charge in [0.15, 0.2) is 0 Å². The molecule has 1 rings (SSSR count). The van der Waals surface area contributed by atoms with Crippen molar-refractivity contribution < 1.29 is 13.2 Å². The summed E-state index contributed by atoms with van der Waals surface area (Å²) in [5, 5.41) is 3.57. The maximum Gasteiger partial charge on any atom is 0.394 e. The van der Waals surface area contributed by atoms with Crippen molar-refractivity contribution in [2.24, 2.45) is 11.7 Å². The molecule has 1 fully saturated rings. The molecular weight excluding hydrogens is 145 g/mol. The second-order valence-corrected chi connectivity index (χ2v) is 2.40. The van der Waals surface area contributed by atoms with Crippen LogP contribution in [0.3, 0.4) is 0 Å². The molecule has 0 saturated carbocycles. The largest absolute Gasteiger partial charge is 0.394 e. The predicted octanol–water partition coefficient (Wildman–Crippen LogP) is 0.110. The van der Waals surface area contributed by atoms with E-state index in [1.807, 2.05) is 0 Å². The van der Waals surface area contributed by atoms with E-state index < -0.39 is 18.1 Å². The minimum atomic E-state index is -4.17. The number of hydrogen-bond donors (Lipinski definition) is 1. The highest BCUT2D eigenvalue weighted by molar-refractivity contribution is 4.87. The van der Waals surface area contributed by atoms with Crippen molar-refractivity contribution in [3.8, 4) is 0 Å². The summed E-state index contributed by atoms with van der Waals surface area (Å²) in [7, 11) is 0. The van der Waals surface area contributed by atoms with Gasteiger partial charge in [0.2, 0.25) is 0 Å². The van der Waals surface area contributed by atoms with E-state index in [0.717, 1.165) is 0 Å². The monoisotopic (exact) mass is 153 g/mol. The Bertz CT molecular complexity index is 123. The van der Waals surface area contributed by atoms with Crippen LogP contribution in [0.4, 0.5) is 13.2 Å². The van der Waals surface area contributed by atoms with Crippen molar-refractivity contribution in [2.45, 2.75) is 12.2 Å². The van der Waals surface area contributed by atoms with Crippen LogP contribution in [0.5, 0.6) is 0 Å². The molecule has 0 aromatic heterocycles. The molecule has 1 saturated heterocycles. The van der Waals surface area contributed by atoms with E-state index in [2.05, 4.69) is 5.32 Å². The van der Waals surface area contributed by atoms with Crippen LogP contribution in [0.25, 0.3) is 0 Å². The van der Waals surface area contributed by atoms with Gasteiger partial charge >= 0.3 is 6.18 Å². The minimum absolute atomic E-state index is 0.143. The van der Waals surface area contributed by atoms with Gasteiger partial charge < -0.3 is 5.73 Å². The van der Waals surface area contributed by atoms with Gasteiger partial charge in [0, 0.05) is 19.1 Å². The summed E-state index contributed by atoms with van der Waals surface area (Å²) in [4.78, 5) is 0. The number of alkyl halides is 3. The van der Waals surface area contributed by atoms with Crippen LogP contribution in [-0.4, -0.2) is 25.3 Å². The quantitative estimate of drug-likeness (QED) is 0.527. The van der Waals surface area contributed by atoms with Gasteiger partial charge in [-0.05, 0) is 0 Å². The van der Waals surface area contributed by atoms with Gasteiger partial charge in [-0.1, -0.05) is 0 Å². The number of nitrogens with two attached hydrogens (primary N) is 1. The third-order valence-corrected chi connectivity index (χ3v) is 1.60. The molecule has 0 amide bonds. The zero-order valence-corrected chi connectivity index (χ0v) is 5.23. The highest BCUT2D eigenvalue weighted by atomic mass is 19.4. The molecule has 0 unspecified atom stereocenters. The van der Waals surface area contributed by atoms with Gasteiger partial charge in [0.25, 0.3) is 0 Å². The van der Waals surface area contributed by atoms with Crippen LogP contribution in [0.15, 0.2) is 0 Å². The lowest BCUT2D eigenvalue weighted by Crippen LogP contribution is -2.38. The van der Waals surface area contributed by atoms with Crippen molar-refractivity contribution in [3.63, 3.8) is 0 Å². The molecule has 2 N–H and O–H groups in total. The highest BCUT2D eigenvalue weighted by Gasteiger charge is 2.46. The minimum Gasteiger partial charge on any atom is -0.326 e. The molecule has 0 aromatic carbocycles. The molecule has 2 nitrogen and oxygen atoms in total. The molecule has 0 aliphatic carbocycles. The van der Waals surface area contributed by atoms with Crippen molar-refractivity contribution in [2.75, 3.05) is 13.1 Å². The van der Waals surface area contributed by atoms with Gasteiger partial charge in [0.05, 0.1) is 5.92 Å². The van der Waals surface area contributed by atoms with Crippen LogP contribution in [0, 0.1) is 5.92 Å². The first kappa shape index (κ1) is 7.81. The Labute approximate surface area is 56.6 Å². The maximum atomic E-state index is 11.9. The van der Waals surface area contributed by atoms with Crippen molar-refractivity contribution in [3.05, 3.63) is 0 Å². The molecule has 59 valence electrons. The summed E-state index contributed by atoms with van der Waals surface area (Å²) in [5.74, 6) is -1.41. The van der Waals surface area contributed by atoms with Gasteiger partial charge in [-0.2, -0.15) is 13.2 Å². The smallest absolute Gasteiger partial charge is 0.326 e. The Balaban J connectivity index is 2.55. The third kappa shape index (κ3) is 1.41. The summed E-state index contributed by atoms with van der Waals surface area (Å²) < 4.78 is 35.6. The standard InChI is InChI=1S/C5H8F3N2/c6-5(7,8)3-1-10-2-4(3)9/h3-4H,1-2,9H2/t3-,4+/m1/s1. The Morgan fingerprint density at radius 1 is 1.30 bits per heavy atom. The summed E-state index contributed by atoms with van der Waals surface area (Å²) in [6.45, 7) is -0.0190. The zero-order valence-electron chi connectivity index (χ0n) is 5.23. The summed E-state index contributed by atoms with van der Waals surface area (Å²) in [6.07, 6.45) is -4.17. The van der Waals surface area contributed by atoms with Gasteiger partial charge in [-0.25, -0.2) is 5.32 Å². The molecule has 0 aromatic rings. The molecule has 0 spiro atoms. The van der Waals surface area contributed by atoms with E-state index in [1.165, 1.54) is 0 Å². The SMILES string of the molecule is N[C@H]1C[N]C[C@H]1C(F)(F)F. The first-order valence-corrected chi connectivity index (χ1v) is 2.97. The Morgan fingerprint density at radius 2 is 1.90 bits per heavy atom. The van der Waals surface area contributed by atoms with Crippen LogP contribution in [0.1, 0.15) is 0 Å². The number of hydrogen-bond acceptors (Lipinski definition) is 1. The fraction of sp³-hybridized carbons (Fsp3) is 1.00. The van der Waals surface area contributed by atoms with E-state index in [0.29, 0.717) is 0 Å². The second kappa shape index (κ2) is 2.39. The number of rotatable bonds is 0. The molecule has 1 aliphatic heterocycles. The van der Waals surface area contributed by atoms with Crippen molar-refractivity contribution in [1.82, 2.24) is 5.32 Å². The first-order chi connectivity index (χ1) is 4.52. The Kier molecular flexibility index (Phi) is 1.87. The lowest BCUT2D eigenvalue weighted by Gasteiger charge is -2.16. The molecule has 10 heavy (non-hydrogen) atoms. The van der Waals surface area contributed by atoms with E-state index in [-0.39, 0.29) is 13.1 Å². The number of halogens is 3. The van der Waals surface area contributed by atoms with Crippen LogP contribution in [0.2, 0.25) is 0 Å². The Morgan fingerprint density at radius 3 is 2.10 bits per heavy atom. The van der Waals surface area contributed by atoms with E-state index in [1.54, 1.807) is 0 Å². The maximum absolute atomic E-state index is 11.9. The zero-order chi connectivity index (χ0) is 7.78. The van der Waals surface area contributed by atoms with Gasteiger partial charge in [-0.3, -0.25) is 0 Å². The topological polar surface area (TPSA) is 40.1 Å². The molecule has 5 heteroatoms. The molecule has 1 heterocycles. The molecule has 1 aliphatic rings. The molecule has 1 radical (unpaired) electrons. The summed E-state index contributed by atoms with van der Waals surface area (Å²) >= 11 is 0. The van der Waals surface area contributed by atoms with Gasteiger partial charge in [0.1, 0.15) is 0 Å². The number of nitrogens with zero attached hydrogens (tertiary/aromatic N) is 1. The second-order valence-electron chi connectivity index (χ2n) is 2.40. The van der Waals surface area contributed by atoms with Crippen molar-refractivity contribution >= 4 is 0 Å². The average molecular weight is 153 g/mol. The fourth-order valence-corrected chi connectivity index (χ4v) is 0.972. The van der Waals surface area contributed by atoms with E-state index in [9.17, 15) is 13.2 Å². The summed E-state index contributed by atoms with van der Waals surface area (Å²) in [5.41, 5.74) is 5.15. The summed E-state index contributed by atoms with van der Waals surface area (Å²) in [6, 6.07) is -0.819. The molecular formula is C5H8F3N2. The average Bonchev–Trinajstić information content (AvgIpc) is 2.11. The molecule has 0 bridgehead atoms. The lowest BCUT2D eigenvalue weighted by atomic mass is 10.1. The van der Waals surface area contributed by atoms with Crippen LogP contribution in [-0.2, 0) is 0 Å².